The molecule has 0 atom stereocenters. The Bertz CT molecular complexity index is 1490. The van der Waals surface area contributed by atoms with Crippen LogP contribution in [0.15, 0.2) is 45.7 Å². The molecule has 190 valence electrons. The molecule has 1 aliphatic rings. The third-order valence-electron chi connectivity index (χ3n) is 6.47. The van der Waals surface area contributed by atoms with Crippen LogP contribution >= 0.6 is 11.3 Å². The largest absolute Gasteiger partial charge is 0.419 e. The fourth-order valence-electron chi connectivity index (χ4n) is 5.00. The molecular weight excluding hydrogens is 492 g/mol. The van der Waals surface area contributed by atoms with Gasteiger partial charge >= 0.3 is 0 Å². The van der Waals surface area contributed by atoms with E-state index in [-0.39, 0.29) is 4.90 Å². The molecule has 0 aliphatic heterocycles. The van der Waals surface area contributed by atoms with Gasteiger partial charge < -0.3 is 4.42 Å². The molecule has 0 amide bonds. The van der Waals surface area contributed by atoms with Gasteiger partial charge in [-0.2, -0.15) is 0 Å². The molecule has 1 aliphatic carbocycles. The van der Waals surface area contributed by atoms with Crippen LogP contribution in [0.25, 0.3) is 32.1 Å². The molecule has 1 saturated carbocycles. The van der Waals surface area contributed by atoms with Crippen molar-refractivity contribution in [2.24, 2.45) is 5.92 Å². The number of sulfonamides is 1. The van der Waals surface area contributed by atoms with Crippen molar-refractivity contribution < 1.29 is 12.8 Å². The lowest BCUT2D eigenvalue weighted by Crippen LogP contribution is -2.40. The highest BCUT2D eigenvalue weighted by Crippen LogP contribution is 2.42. The molecule has 0 saturated heterocycles. The molecule has 36 heavy (non-hydrogen) atoms. The fourth-order valence-corrected chi connectivity index (χ4v) is 7.69. The van der Waals surface area contributed by atoms with Crippen molar-refractivity contribution >= 4 is 32.1 Å². The number of aryl methyl sites for hydroxylation is 1. The van der Waals surface area contributed by atoms with E-state index in [1.54, 1.807) is 13.0 Å². The van der Waals surface area contributed by atoms with Crippen LogP contribution in [-0.4, -0.2) is 29.1 Å². The molecule has 4 aromatic rings. The highest BCUT2D eigenvalue weighted by atomic mass is 32.2. The molecule has 0 bridgehead atoms. The van der Waals surface area contributed by atoms with Gasteiger partial charge in [0.25, 0.3) is 5.89 Å². The SMILES string of the molecule is Cc1nnc(-c2nc(CC3CCCCC3)c(-c3ccc(S(=O)(=O)NC(C)(C)C)c4ccccc34)s2)o1. The van der Waals surface area contributed by atoms with E-state index in [4.69, 9.17) is 9.40 Å². The van der Waals surface area contributed by atoms with Gasteiger partial charge in [0.15, 0.2) is 5.01 Å². The number of nitrogens with zero attached hydrogens (tertiary/aromatic N) is 3. The van der Waals surface area contributed by atoms with E-state index in [0.29, 0.717) is 28.1 Å². The minimum absolute atomic E-state index is 0.280. The number of rotatable bonds is 6. The van der Waals surface area contributed by atoms with Crippen LogP contribution in [0, 0.1) is 12.8 Å². The second-order valence-corrected chi connectivity index (χ2v) is 13.3. The summed E-state index contributed by atoms with van der Waals surface area (Å²) < 4.78 is 35.1. The first kappa shape index (κ1) is 25.0. The summed E-state index contributed by atoms with van der Waals surface area (Å²) in [5.74, 6) is 1.52. The standard InChI is InChI=1S/C27H32N4O3S2/c1-17-29-30-25(34-17)26-28-22(16-18-10-6-5-7-11-18)24(35-26)21-14-15-23(20-13-9-8-12-19(20)21)36(32,33)31-27(2,3)4/h8-9,12-15,18,31H,5-7,10-11,16H2,1-4H3. The van der Waals surface area contributed by atoms with E-state index >= 15 is 0 Å². The van der Waals surface area contributed by atoms with Gasteiger partial charge in [-0.25, -0.2) is 18.1 Å². The maximum atomic E-state index is 13.3. The van der Waals surface area contributed by atoms with Gasteiger partial charge in [-0.05, 0) is 44.6 Å². The van der Waals surface area contributed by atoms with Crippen LogP contribution in [0.5, 0.6) is 0 Å². The van der Waals surface area contributed by atoms with Crippen molar-refractivity contribution in [3.63, 3.8) is 0 Å². The Labute approximate surface area is 216 Å². The Kier molecular flexibility index (Phi) is 6.74. The fraction of sp³-hybridized carbons (Fsp3) is 0.444. The van der Waals surface area contributed by atoms with Crippen molar-refractivity contribution in [3.8, 4) is 21.3 Å². The molecule has 2 aromatic heterocycles. The Hall–Kier alpha value is -2.62. The van der Waals surface area contributed by atoms with Crippen molar-refractivity contribution in [3.05, 3.63) is 48.0 Å². The van der Waals surface area contributed by atoms with Crippen LogP contribution in [0.4, 0.5) is 0 Å². The average molecular weight is 525 g/mol. The second-order valence-electron chi connectivity index (χ2n) is 10.6. The van der Waals surface area contributed by atoms with Crippen LogP contribution in [0.3, 0.4) is 0 Å². The number of aromatic nitrogens is 3. The van der Waals surface area contributed by atoms with Crippen molar-refractivity contribution in [1.82, 2.24) is 19.9 Å². The zero-order valence-corrected chi connectivity index (χ0v) is 22.8. The first-order valence-corrected chi connectivity index (χ1v) is 14.8. The lowest BCUT2D eigenvalue weighted by Gasteiger charge is -2.22. The van der Waals surface area contributed by atoms with E-state index in [9.17, 15) is 8.42 Å². The van der Waals surface area contributed by atoms with Crippen LogP contribution < -0.4 is 4.72 Å². The normalized spacial score (nSPS) is 15.6. The number of nitrogens with one attached hydrogen (secondary N) is 1. The summed E-state index contributed by atoms with van der Waals surface area (Å²) in [5.41, 5.74) is 1.41. The molecule has 1 N–H and O–H groups in total. The molecular formula is C27H32N4O3S2. The van der Waals surface area contributed by atoms with E-state index in [1.165, 1.54) is 43.4 Å². The molecule has 9 heteroatoms. The second kappa shape index (κ2) is 9.68. The van der Waals surface area contributed by atoms with E-state index in [1.807, 2.05) is 51.1 Å². The summed E-state index contributed by atoms with van der Waals surface area (Å²) in [4.78, 5) is 6.30. The first-order chi connectivity index (χ1) is 17.1. The molecule has 2 aromatic carbocycles. The Morgan fingerprint density at radius 2 is 1.75 bits per heavy atom. The lowest BCUT2D eigenvalue weighted by molar-refractivity contribution is 0.355. The quantitative estimate of drug-likeness (QED) is 0.308. The van der Waals surface area contributed by atoms with Crippen molar-refractivity contribution in [1.29, 1.82) is 0 Å². The number of fused-ring (bicyclic) bond motifs is 1. The highest BCUT2D eigenvalue weighted by molar-refractivity contribution is 7.89. The van der Waals surface area contributed by atoms with E-state index < -0.39 is 15.6 Å². The Morgan fingerprint density at radius 1 is 1.03 bits per heavy atom. The maximum absolute atomic E-state index is 13.3. The lowest BCUT2D eigenvalue weighted by atomic mass is 9.85. The monoisotopic (exact) mass is 524 g/mol. The zero-order chi connectivity index (χ0) is 25.5. The molecule has 5 rings (SSSR count). The summed E-state index contributed by atoms with van der Waals surface area (Å²) in [6, 6.07) is 11.3. The van der Waals surface area contributed by atoms with Gasteiger partial charge in [-0.15, -0.1) is 21.5 Å². The van der Waals surface area contributed by atoms with Gasteiger partial charge in [-0.1, -0.05) is 62.4 Å². The van der Waals surface area contributed by atoms with E-state index in [2.05, 4.69) is 14.9 Å². The van der Waals surface area contributed by atoms with Crippen LogP contribution in [-0.2, 0) is 16.4 Å². The summed E-state index contributed by atoms with van der Waals surface area (Å²) in [7, 11) is -3.71. The number of benzene rings is 2. The molecule has 0 radical (unpaired) electrons. The highest BCUT2D eigenvalue weighted by Gasteiger charge is 2.27. The minimum Gasteiger partial charge on any atom is -0.419 e. The maximum Gasteiger partial charge on any atom is 0.276 e. The third kappa shape index (κ3) is 5.23. The predicted octanol–water partition coefficient (Wildman–Crippen LogP) is 6.52. The van der Waals surface area contributed by atoms with Gasteiger partial charge in [0, 0.05) is 23.4 Å². The molecule has 2 heterocycles. The zero-order valence-electron chi connectivity index (χ0n) is 21.2. The van der Waals surface area contributed by atoms with Gasteiger partial charge in [0.05, 0.1) is 15.5 Å². The summed E-state index contributed by atoms with van der Waals surface area (Å²) >= 11 is 1.53. The molecule has 7 nitrogen and oxygen atoms in total. The van der Waals surface area contributed by atoms with E-state index in [0.717, 1.165) is 27.9 Å². The third-order valence-corrected chi connectivity index (χ3v) is 9.41. The Morgan fingerprint density at radius 3 is 2.42 bits per heavy atom. The average Bonchev–Trinajstić information content (AvgIpc) is 3.43. The number of hydrogen-bond donors (Lipinski definition) is 1. The minimum atomic E-state index is -3.71. The van der Waals surface area contributed by atoms with Gasteiger partial charge in [-0.3, -0.25) is 0 Å². The molecule has 0 unspecified atom stereocenters. The predicted molar refractivity (Wildman–Crippen MR) is 143 cm³/mol. The smallest absolute Gasteiger partial charge is 0.276 e. The molecule has 0 spiro atoms. The Balaban J connectivity index is 1.65. The number of hydrogen-bond acceptors (Lipinski definition) is 7. The van der Waals surface area contributed by atoms with Crippen molar-refractivity contribution in [2.75, 3.05) is 0 Å². The number of thiazole rings is 1. The van der Waals surface area contributed by atoms with Gasteiger partial charge in [0.1, 0.15) is 0 Å². The molecule has 1 fully saturated rings. The van der Waals surface area contributed by atoms with Crippen LogP contribution in [0.1, 0.15) is 64.5 Å². The van der Waals surface area contributed by atoms with Gasteiger partial charge in [0.2, 0.25) is 15.9 Å². The topological polar surface area (TPSA) is 98.0 Å². The van der Waals surface area contributed by atoms with Crippen molar-refractivity contribution in [2.45, 2.75) is 76.7 Å². The summed E-state index contributed by atoms with van der Waals surface area (Å²) in [6.45, 7) is 7.30. The first-order valence-electron chi connectivity index (χ1n) is 12.5. The summed E-state index contributed by atoms with van der Waals surface area (Å²) in [6.07, 6.45) is 7.13. The van der Waals surface area contributed by atoms with Crippen LogP contribution in [0.2, 0.25) is 0 Å². The summed E-state index contributed by atoms with van der Waals surface area (Å²) in [5, 5.41) is 10.5.